The molecule has 3 rings (SSSR count). The van der Waals surface area contributed by atoms with Gasteiger partial charge in [0.2, 0.25) is 5.13 Å². The van der Waals surface area contributed by atoms with Crippen LogP contribution < -0.4 is 5.32 Å². The minimum absolute atomic E-state index is 0.739. The van der Waals surface area contributed by atoms with Gasteiger partial charge in [0, 0.05) is 18.1 Å². The van der Waals surface area contributed by atoms with Gasteiger partial charge < -0.3 is 5.32 Å². The van der Waals surface area contributed by atoms with E-state index in [4.69, 9.17) is 0 Å². The van der Waals surface area contributed by atoms with Crippen molar-refractivity contribution < 1.29 is 0 Å². The van der Waals surface area contributed by atoms with Gasteiger partial charge in [-0.25, -0.2) is 14.6 Å². The summed E-state index contributed by atoms with van der Waals surface area (Å²) in [5, 5.41) is 8.21. The lowest BCUT2D eigenvalue weighted by molar-refractivity contribution is 0.684. The zero-order valence-electron chi connectivity index (χ0n) is 11.0. The molecule has 0 atom stereocenters. The molecule has 0 amide bonds. The van der Waals surface area contributed by atoms with E-state index >= 15 is 0 Å². The third-order valence-corrected chi connectivity index (χ3v) is 3.57. The quantitative estimate of drug-likeness (QED) is 0.778. The first kappa shape index (κ1) is 12.7. The van der Waals surface area contributed by atoms with Crippen LogP contribution in [0.25, 0.3) is 0 Å². The van der Waals surface area contributed by atoms with E-state index in [2.05, 4.69) is 49.0 Å². The average molecular weight is 286 g/mol. The van der Waals surface area contributed by atoms with Gasteiger partial charge in [-0.05, 0) is 18.1 Å². The SMILES string of the molecule is Cc1nsc(NCc2ccc(Cn3cncn3)cc2)n1. The first-order valence-electron chi connectivity index (χ1n) is 6.24. The van der Waals surface area contributed by atoms with Crippen molar-refractivity contribution in [2.45, 2.75) is 20.0 Å². The Labute approximate surface area is 120 Å². The first-order chi connectivity index (χ1) is 9.79. The highest BCUT2D eigenvalue weighted by molar-refractivity contribution is 7.09. The fourth-order valence-electron chi connectivity index (χ4n) is 1.81. The number of aromatic nitrogens is 5. The average Bonchev–Trinajstić information content (AvgIpc) is 3.10. The van der Waals surface area contributed by atoms with Crippen LogP contribution in [0.4, 0.5) is 5.13 Å². The highest BCUT2D eigenvalue weighted by Crippen LogP contribution is 2.12. The van der Waals surface area contributed by atoms with Crippen molar-refractivity contribution in [3.63, 3.8) is 0 Å². The fraction of sp³-hybridized carbons (Fsp3) is 0.231. The molecule has 1 aromatic carbocycles. The van der Waals surface area contributed by atoms with E-state index < -0.39 is 0 Å². The number of anilines is 1. The first-order valence-corrected chi connectivity index (χ1v) is 7.01. The van der Waals surface area contributed by atoms with Crippen LogP contribution in [0.1, 0.15) is 17.0 Å². The van der Waals surface area contributed by atoms with Gasteiger partial charge in [0.1, 0.15) is 18.5 Å². The Kier molecular flexibility index (Phi) is 3.69. The standard InChI is InChI=1S/C13H14N6S/c1-10-17-13(20-18-10)15-6-11-2-4-12(5-3-11)7-19-9-14-8-16-19/h2-5,8-9H,6-7H2,1H3,(H,15,17,18). The van der Waals surface area contributed by atoms with Crippen LogP contribution in [-0.4, -0.2) is 24.1 Å². The Morgan fingerprint density at radius 2 is 2.00 bits per heavy atom. The molecule has 0 aliphatic carbocycles. The summed E-state index contributed by atoms with van der Waals surface area (Å²) in [6.07, 6.45) is 3.26. The van der Waals surface area contributed by atoms with Crippen LogP contribution >= 0.6 is 11.5 Å². The summed E-state index contributed by atoms with van der Waals surface area (Å²) in [4.78, 5) is 8.20. The molecule has 1 N–H and O–H groups in total. The summed E-state index contributed by atoms with van der Waals surface area (Å²) in [6, 6.07) is 8.41. The van der Waals surface area contributed by atoms with Gasteiger partial charge in [0.05, 0.1) is 6.54 Å². The molecule has 0 unspecified atom stereocenters. The third-order valence-electron chi connectivity index (χ3n) is 2.81. The molecule has 102 valence electrons. The number of nitrogens with one attached hydrogen (secondary N) is 1. The second-order valence-corrected chi connectivity index (χ2v) is 5.16. The van der Waals surface area contributed by atoms with Crippen molar-refractivity contribution in [3.05, 3.63) is 53.9 Å². The number of rotatable bonds is 5. The molecule has 20 heavy (non-hydrogen) atoms. The summed E-state index contributed by atoms with van der Waals surface area (Å²) in [7, 11) is 0. The molecule has 0 saturated carbocycles. The van der Waals surface area contributed by atoms with Gasteiger partial charge in [-0.1, -0.05) is 24.3 Å². The second-order valence-electron chi connectivity index (χ2n) is 4.41. The summed E-state index contributed by atoms with van der Waals surface area (Å²) in [6.45, 7) is 3.38. The van der Waals surface area contributed by atoms with Crippen molar-refractivity contribution >= 4 is 16.7 Å². The smallest absolute Gasteiger partial charge is 0.202 e. The summed E-state index contributed by atoms with van der Waals surface area (Å²) < 4.78 is 5.94. The van der Waals surface area contributed by atoms with E-state index in [9.17, 15) is 0 Å². The largest absolute Gasteiger partial charge is 0.356 e. The van der Waals surface area contributed by atoms with Gasteiger partial charge in [-0.2, -0.15) is 9.47 Å². The van der Waals surface area contributed by atoms with Crippen LogP contribution in [0.2, 0.25) is 0 Å². The molecule has 2 heterocycles. The Hall–Kier alpha value is -2.28. The molecule has 0 aliphatic heterocycles. The van der Waals surface area contributed by atoms with Crippen molar-refractivity contribution in [1.29, 1.82) is 0 Å². The Bertz CT molecular complexity index is 658. The Morgan fingerprint density at radius 3 is 2.65 bits per heavy atom. The van der Waals surface area contributed by atoms with E-state index in [1.807, 2.05) is 6.92 Å². The highest BCUT2D eigenvalue weighted by Gasteiger charge is 2.00. The maximum atomic E-state index is 4.27. The molecule has 0 bridgehead atoms. The lowest BCUT2D eigenvalue weighted by atomic mass is 10.1. The molecule has 0 aliphatic rings. The monoisotopic (exact) mass is 286 g/mol. The Morgan fingerprint density at radius 1 is 1.20 bits per heavy atom. The van der Waals surface area contributed by atoms with Gasteiger partial charge in [0.15, 0.2) is 0 Å². The summed E-state index contributed by atoms with van der Waals surface area (Å²) in [5.74, 6) is 0.806. The number of hydrogen-bond donors (Lipinski definition) is 1. The maximum absolute atomic E-state index is 4.27. The second kappa shape index (κ2) is 5.79. The highest BCUT2D eigenvalue weighted by atomic mass is 32.1. The minimum atomic E-state index is 0.739. The molecular formula is C13H14N6S. The predicted octanol–water partition coefficient (Wildman–Crippen LogP) is 2.10. The Balaban J connectivity index is 1.58. The summed E-state index contributed by atoms with van der Waals surface area (Å²) >= 11 is 1.38. The summed E-state index contributed by atoms with van der Waals surface area (Å²) in [5.41, 5.74) is 2.41. The third kappa shape index (κ3) is 3.18. The molecule has 0 fully saturated rings. The molecule has 0 saturated heterocycles. The fourth-order valence-corrected chi connectivity index (χ4v) is 2.38. The molecule has 3 aromatic rings. The van der Waals surface area contributed by atoms with Crippen LogP contribution in [0.3, 0.4) is 0 Å². The molecule has 2 aromatic heterocycles. The van der Waals surface area contributed by atoms with E-state index in [-0.39, 0.29) is 0 Å². The van der Waals surface area contributed by atoms with E-state index in [0.29, 0.717) is 0 Å². The zero-order chi connectivity index (χ0) is 13.8. The van der Waals surface area contributed by atoms with Crippen molar-refractivity contribution in [1.82, 2.24) is 24.1 Å². The van der Waals surface area contributed by atoms with Gasteiger partial charge in [0.25, 0.3) is 0 Å². The van der Waals surface area contributed by atoms with Crippen molar-refractivity contribution in [2.24, 2.45) is 0 Å². The van der Waals surface area contributed by atoms with Crippen molar-refractivity contribution in [2.75, 3.05) is 5.32 Å². The van der Waals surface area contributed by atoms with E-state index in [0.717, 1.165) is 24.0 Å². The number of aryl methyl sites for hydroxylation is 1. The van der Waals surface area contributed by atoms with Crippen LogP contribution in [0.15, 0.2) is 36.9 Å². The minimum Gasteiger partial charge on any atom is -0.356 e. The van der Waals surface area contributed by atoms with Crippen LogP contribution in [0.5, 0.6) is 0 Å². The van der Waals surface area contributed by atoms with E-state index in [1.54, 1.807) is 17.3 Å². The number of benzene rings is 1. The van der Waals surface area contributed by atoms with Crippen molar-refractivity contribution in [3.8, 4) is 0 Å². The molecule has 0 spiro atoms. The van der Waals surface area contributed by atoms with E-state index in [1.165, 1.54) is 22.7 Å². The topological polar surface area (TPSA) is 68.5 Å². The molecule has 7 heteroatoms. The maximum Gasteiger partial charge on any atom is 0.202 e. The van der Waals surface area contributed by atoms with Gasteiger partial charge in [-0.15, -0.1) is 0 Å². The lowest BCUT2D eigenvalue weighted by Crippen LogP contribution is -2.02. The molecule has 6 nitrogen and oxygen atoms in total. The van der Waals surface area contributed by atoms with Gasteiger partial charge >= 0.3 is 0 Å². The molecule has 0 radical (unpaired) electrons. The normalized spacial score (nSPS) is 10.7. The zero-order valence-corrected chi connectivity index (χ0v) is 11.8. The lowest BCUT2D eigenvalue weighted by Gasteiger charge is -2.05. The molecular weight excluding hydrogens is 272 g/mol. The number of nitrogens with zero attached hydrogens (tertiary/aromatic N) is 5. The number of hydrogen-bond acceptors (Lipinski definition) is 6. The predicted molar refractivity (Wildman–Crippen MR) is 77.5 cm³/mol. The van der Waals surface area contributed by atoms with Crippen LogP contribution in [-0.2, 0) is 13.1 Å². The van der Waals surface area contributed by atoms with Crippen LogP contribution in [0, 0.1) is 6.92 Å². The van der Waals surface area contributed by atoms with Gasteiger partial charge in [-0.3, -0.25) is 0 Å².